The van der Waals surface area contributed by atoms with Crippen molar-refractivity contribution in [2.75, 3.05) is 25.7 Å². The number of fused-ring (bicyclic) bond motifs is 2. The number of hydrogen-bond donors (Lipinski definition) is 0. The van der Waals surface area contributed by atoms with Crippen LogP contribution < -0.4 is 0 Å². The van der Waals surface area contributed by atoms with E-state index < -0.39 is 0 Å². The molecule has 102 valence electrons. The van der Waals surface area contributed by atoms with Crippen LogP contribution in [0.5, 0.6) is 0 Å². The van der Waals surface area contributed by atoms with Gasteiger partial charge in [-0.1, -0.05) is 0 Å². The summed E-state index contributed by atoms with van der Waals surface area (Å²) in [6.07, 6.45) is 0.717. The fourth-order valence-corrected chi connectivity index (χ4v) is 5.66. The molecule has 2 fully saturated rings. The zero-order valence-corrected chi connectivity index (χ0v) is 12.1. The zero-order chi connectivity index (χ0) is 13.1. The summed E-state index contributed by atoms with van der Waals surface area (Å²) in [5.41, 5.74) is 0. The summed E-state index contributed by atoms with van der Waals surface area (Å²) in [5.74, 6) is 1.55. The van der Waals surface area contributed by atoms with E-state index in [2.05, 4.69) is 9.64 Å². The molecule has 0 aromatic rings. The number of carbonyl (C=O) groups excluding carboxylic acids is 2. The Balaban J connectivity index is 2.01. The molecule has 0 aromatic heterocycles. The van der Waals surface area contributed by atoms with Gasteiger partial charge in [-0.15, -0.1) is 23.5 Å². The van der Waals surface area contributed by atoms with E-state index in [-0.39, 0.29) is 24.4 Å². The summed E-state index contributed by atoms with van der Waals surface area (Å²) < 4.78 is 9.49. The Morgan fingerprint density at radius 3 is 2.28 bits per heavy atom. The molecule has 0 aliphatic carbocycles. The number of esters is 2. The first-order valence-corrected chi connectivity index (χ1v) is 7.92. The molecular weight excluding hydrogens is 274 g/mol. The predicted molar refractivity (Wildman–Crippen MR) is 71.4 cm³/mol. The molecular formula is C11H17NO4S2. The van der Waals surface area contributed by atoms with Crippen molar-refractivity contribution in [1.29, 1.82) is 0 Å². The highest BCUT2D eigenvalue weighted by molar-refractivity contribution is 8.07. The number of carbonyl (C=O) groups is 2. The topological polar surface area (TPSA) is 55.8 Å². The fourth-order valence-electron chi connectivity index (χ4n) is 2.30. The minimum atomic E-state index is -0.325. The maximum atomic E-state index is 11.9. The molecule has 3 atom stereocenters. The average Bonchev–Trinajstić information content (AvgIpc) is 2.98. The fraction of sp³-hybridized carbons (Fsp3) is 0.818. The third kappa shape index (κ3) is 2.78. The molecule has 18 heavy (non-hydrogen) atoms. The van der Waals surface area contributed by atoms with Crippen molar-refractivity contribution in [2.24, 2.45) is 0 Å². The molecule has 0 spiro atoms. The minimum Gasteiger partial charge on any atom is -0.469 e. The van der Waals surface area contributed by atoms with E-state index in [1.807, 2.05) is 23.5 Å². The van der Waals surface area contributed by atoms with Crippen LogP contribution in [0.15, 0.2) is 0 Å². The van der Waals surface area contributed by atoms with Crippen molar-refractivity contribution >= 4 is 35.5 Å². The van der Waals surface area contributed by atoms with Crippen LogP contribution in [0.4, 0.5) is 0 Å². The first kappa shape index (κ1) is 14.0. The van der Waals surface area contributed by atoms with E-state index in [0.717, 1.165) is 11.5 Å². The summed E-state index contributed by atoms with van der Waals surface area (Å²) >= 11 is 3.76. The van der Waals surface area contributed by atoms with Gasteiger partial charge in [0.2, 0.25) is 0 Å². The lowest BCUT2D eigenvalue weighted by Crippen LogP contribution is -2.45. The van der Waals surface area contributed by atoms with Crippen molar-refractivity contribution in [3.05, 3.63) is 0 Å². The third-order valence-electron chi connectivity index (χ3n) is 3.21. The average molecular weight is 291 g/mol. The molecule has 0 radical (unpaired) electrons. The normalized spacial score (nSPS) is 28.1. The Morgan fingerprint density at radius 2 is 1.83 bits per heavy atom. The lowest BCUT2D eigenvalue weighted by molar-refractivity contribution is -0.148. The Morgan fingerprint density at radius 1 is 1.22 bits per heavy atom. The lowest BCUT2D eigenvalue weighted by atomic mass is 10.1. The summed E-state index contributed by atoms with van der Waals surface area (Å²) in [7, 11) is 2.76. The number of thioether (sulfide) groups is 2. The standard InChI is InChI=1S/C11H17NO4S2/c1-15-10(13)4-3-7(11(14)16-2)12-8-5-17-9(12)6-18-8/h7-9H,3-6H2,1-2H3/t7?,8-,9?/m1/s1. The maximum Gasteiger partial charge on any atom is 0.323 e. The largest absolute Gasteiger partial charge is 0.469 e. The number of ether oxygens (including phenoxy) is 2. The van der Waals surface area contributed by atoms with E-state index in [4.69, 9.17) is 4.74 Å². The molecule has 2 heterocycles. The van der Waals surface area contributed by atoms with Crippen LogP contribution >= 0.6 is 23.5 Å². The monoisotopic (exact) mass is 291 g/mol. The molecule has 7 heteroatoms. The van der Waals surface area contributed by atoms with Gasteiger partial charge < -0.3 is 9.47 Å². The van der Waals surface area contributed by atoms with Gasteiger partial charge in [0.25, 0.3) is 0 Å². The zero-order valence-electron chi connectivity index (χ0n) is 10.5. The highest BCUT2D eigenvalue weighted by atomic mass is 32.2. The first-order valence-electron chi connectivity index (χ1n) is 5.82. The molecule has 0 saturated carbocycles. The SMILES string of the molecule is COC(=O)CCC(C(=O)OC)N1C2CS[C@@H]1CS2. The first-order chi connectivity index (χ1) is 8.67. The second-order valence-electron chi connectivity index (χ2n) is 4.18. The summed E-state index contributed by atoms with van der Waals surface area (Å²) in [6, 6.07) is -0.325. The molecule has 2 aliphatic rings. The second-order valence-corrected chi connectivity index (χ2v) is 6.60. The molecule has 0 aromatic carbocycles. The van der Waals surface area contributed by atoms with Crippen molar-refractivity contribution < 1.29 is 19.1 Å². The van der Waals surface area contributed by atoms with E-state index in [0.29, 0.717) is 17.2 Å². The Hall–Kier alpha value is -0.400. The molecule has 2 unspecified atom stereocenters. The molecule has 0 N–H and O–H groups in total. The minimum absolute atomic E-state index is 0.251. The van der Waals surface area contributed by atoms with Crippen LogP contribution in [0.25, 0.3) is 0 Å². The van der Waals surface area contributed by atoms with Gasteiger partial charge in [0, 0.05) is 17.9 Å². The van der Waals surface area contributed by atoms with Crippen LogP contribution in [0.3, 0.4) is 0 Å². The molecule has 0 amide bonds. The van der Waals surface area contributed by atoms with Crippen molar-refractivity contribution in [2.45, 2.75) is 29.6 Å². The van der Waals surface area contributed by atoms with Gasteiger partial charge in [0.05, 0.1) is 25.0 Å². The Bertz CT molecular complexity index is 319. The highest BCUT2D eigenvalue weighted by Gasteiger charge is 2.46. The molecule has 2 saturated heterocycles. The van der Waals surface area contributed by atoms with Gasteiger partial charge in [-0.25, -0.2) is 0 Å². The number of methoxy groups -OCH3 is 2. The van der Waals surface area contributed by atoms with Crippen LogP contribution in [-0.4, -0.2) is 59.4 Å². The van der Waals surface area contributed by atoms with Crippen molar-refractivity contribution in [1.82, 2.24) is 4.90 Å². The molecule has 2 aliphatic heterocycles. The van der Waals surface area contributed by atoms with Gasteiger partial charge in [0.15, 0.2) is 0 Å². The van der Waals surface area contributed by atoms with Crippen LogP contribution in [-0.2, 0) is 19.1 Å². The Kier molecular flexibility index (Phi) is 4.80. The van der Waals surface area contributed by atoms with E-state index in [9.17, 15) is 9.59 Å². The second kappa shape index (κ2) is 6.16. The number of rotatable bonds is 5. The van der Waals surface area contributed by atoms with Crippen LogP contribution in [0.2, 0.25) is 0 Å². The summed E-state index contributed by atoms with van der Waals surface area (Å²) in [5, 5.41) is 0.753. The smallest absolute Gasteiger partial charge is 0.323 e. The van der Waals surface area contributed by atoms with Gasteiger partial charge >= 0.3 is 11.9 Å². The number of hydrogen-bond acceptors (Lipinski definition) is 7. The van der Waals surface area contributed by atoms with Crippen molar-refractivity contribution in [3.8, 4) is 0 Å². The van der Waals surface area contributed by atoms with Gasteiger partial charge in [-0.2, -0.15) is 0 Å². The van der Waals surface area contributed by atoms with Gasteiger partial charge in [0.1, 0.15) is 6.04 Å². The van der Waals surface area contributed by atoms with Gasteiger partial charge in [-0.05, 0) is 6.42 Å². The molecule has 2 bridgehead atoms. The summed E-state index contributed by atoms with van der Waals surface area (Å²) in [4.78, 5) is 25.3. The van der Waals surface area contributed by atoms with Crippen molar-refractivity contribution in [3.63, 3.8) is 0 Å². The summed E-state index contributed by atoms with van der Waals surface area (Å²) in [6.45, 7) is 0. The Labute approximate surface area is 115 Å². The molecule has 5 nitrogen and oxygen atoms in total. The van der Waals surface area contributed by atoms with Crippen LogP contribution in [0, 0.1) is 0 Å². The van der Waals surface area contributed by atoms with E-state index in [1.54, 1.807) is 0 Å². The van der Waals surface area contributed by atoms with Crippen LogP contribution in [0.1, 0.15) is 12.8 Å². The quantitative estimate of drug-likeness (QED) is 0.698. The highest BCUT2D eigenvalue weighted by Crippen LogP contribution is 2.45. The van der Waals surface area contributed by atoms with E-state index >= 15 is 0 Å². The third-order valence-corrected chi connectivity index (χ3v) is 6.24. The van der Waals surface area contributed by atoms with Gasteiger partial charge in [-0.3, -0.25) is 14.5 Å². The number of nitrogens with zero attached hydrogens (tertiary/aromatic N) is 1. The maximum absolute atomic E-state index is 11.9. The predicted octanol–water partition coefficient (Wildman–Crippen LogP) is 0.929. The lowest BCUT2D eigenvalue weighted by Gasteiger charge is -2.28. The molecule has 2 rings (SSSR count). The van der Waals surface area contributed by atoms with E-state index in [1.165, 1.54) is 14.2 Å².